The van der Waals surface area contributed by atoms with Crippen molar-refractivity contribution in [2.45, 2.75) is 33.6 Å². The predicted molar refractivity (Wildman–Crippen MR) is 66.6 cm³/mol. The average Bonchev–Trinajstić information content (AvgIpc) is 2.26. The van der Waals surface area contributed by atoms with E-state index in [1.165, 1.54) is 0 Å². The smallest absolute Gasteiger partial charge is 0.258 e. The summed E-state index contributed by atoms with van der Waals surface area (Å²) >= 11 is 0. The van der Waals surface area contributed by atoms with Crippen LogP contribution in [0.2, 0.25) is 0 Å². The summed E-state index contributed by atoms with van der Waals surface area (Å²) < 4.78 is 0. The first-order valence-electron chi connectivity index (χ1n) is 5.47. The molecule has 0 aliphatic rings. The molecule has 0 saturated heterocycles. The van der Waals surface area contributed by atoms with Crippen LogP contribution in [-0.4, -0.2) is 4.92 Å². The summed E-state index contributed by atoms with van der Waals surface area (Å²) in [6, 6.07) is 3.59. The lowest BCUT2D eigenvalue weighted by atomic mass is 9.95. The van der Waals surface area contributed by atoms with Crippen molar-refractivity contribution >= 4 is 11.3 Å². The summed E-state index contributed by atoms with van der Waals surface area (Å²) in [5.74, 6) is 0. The first-order chi connectivity index (χ1) is 7.51. The minimum absolute atomic E-state index is 0.226. The van der Waals surface area contributed by atoms with Gasteiger partial charge in [-0.2, -0.15) is 0 Å². The van der Waals surface area contributed by atoms with Crippen LogP contribution >= 0.6 is 0 Å². The number of nitrogens with zero attached hydrogens (tertiary/aromatic N) is 1. The van der Waals surface area contributed by atoms with Gasteiger partial charge in [0.2, 0.25) is 0 Å². The highest BCUT2D eigenvalue weighted by atomic mass is 16.6. The molecular formula is C13H17NO2. The lowest BCUT2D eigenvalue weighted by molar-refractivity contribution is -0.385. The lowest BCUT2D eigenvalue weighted by Gasteiger charge is -2.10. The Morgan fingerprint density at radius 2 is 1.88 bits per heavy atom. The highest BCUT2D eigenvalue weighted by molar-refractivity contribution is 5.67. The minimum Gasteiger partial charge on any atom is -0.258 e. The molecule has 0 spiro atoms. The zero-order valence-corrected chi connectivity index (χ0v) is 10.0. The summed E-state index contributed by atoms with van der Waals surface area (Å²) in [6.07, 6.45) is 1.45. The van der Waals surface area contributed by atoms with Crippen LogP contribution in [0.25, 0.3) is 5.57 Å². The second kappa shape index (κ2) is 4.92. The van der Waals surface area contributed by atoms with E-state index in [1.807, 2.05) is 26.8 Å². The SMILES string of the molecule is C=C(C)c1cc(CC)c([N+](=O)[O-])cc1CC. The van der Waals surface area contributed by atoms with Gasteiger partial charge in [-0.15, -0.1) is 0 Å². The summed E-state index contributed by atoms with van der Waals surface area (Å²) in [4.78, 5) is 10.6. The van der Waals surface area contributed by atoms with Gasteiger partial charge in [0.05, 0.1) is 4.92 Å². The Balaban J connectivity index is 3.46. The summed E-state index contributed by atoms with van der Waals surface area (Å²) in [6.45, 7) is 9.77. The van der Waals surface area contributed by atoms with Crippen molar-refractivity contribution in [2.24, 2.45) is 0 Å². The maximum atomic E-state index is 10.9. The molecule has 86 valence electrons. The third-order valence-corrected chi connectivity index (χ3v) is 2.72. The number of nitro groups is 1. The first-order valence-corrected chi connectivity index (χ1v) is 5.47. The highest BCUT2D eigenvalue weighted by Crippen LogP contribution is 2.28. The topological polar surface area (TPSA) is 43.1 Å². The Morgan fingerprint density at radius 1 is 1.31 bits per heavy atom. The molecule has 16 heavy (non-hydrogen) atoms. The van der Waals surface area contributed by atoms with Crippen molar-refractivity contribution < 1.29 is 4.92 Å². The van der Waals surface area contributed by atoms with Gasteiger partial charge < -0.3 is 0 Å². The molecule has 0 unspecified atom stereocenters. The molecule has 1 aromatic carbocycles. The number of hydrogen-bond acceptors (Lipinski definition) is 2. The van der Waals surface area contributed by atoms with Gasteiger partial charge in [-0.25, -0.2) is 0 Å². The number of aryl methyl sites for hydroxylation is 2. The van der Waals surface area contributed by atoms with Crippen molar-refractivity contribution in [3.8, 4) is 0 Å². The first kappa shape index (κ1) is 12.4. The highest BCUT2D eigenvalue weighted by Gasteiger charge is 2.16. The Bertz CT molecular complexity index is 394. The van der Waals surface area contributed by atoms with Gasteiger partial charge >= 0.3 is 0 Å². The van der Waals surface area contributed by atoms with Crippen molar-refractivity contribution in [3.05, 3.63) is 45.5 Å². The van der Waals surface area contributed by atoms with Gasteiger partial charge in [-0.3, -0.25) is 10.1 Å². The predicted octanol–water partition coefficient (Wildman–Crippen LogP) is 3.75. The van der Waals surface area contributed by atoms with Gasteiger partial charge in [0, 0.05) is 11.6 Å². The number of rotatable bonds is 4. The fourth-order valence-electron chi connectivity index (χ4n) is 1.82. The third kappa shape index (κ3) is 2.30. The fourth-order valence-corrected chi connectivity index (χ4v) is 1.82. The second-order valence-corrected chi connectivity index (χ2v) is 3.88. The van der Waals surface area contributed by atoms with E-state index in [9.17, 15) is 10.1 Å². The number of nitro benzene ring substituents is 1. The number of allylic oxidation sites excluding steroid dienone is 1. The zero-order chi connectivity index (χ0) is 12.3. The molecule has 1 aromatic rings. The van der Waals surface area contributed by atoms with E-state index >= 15 is 0 Å². The van der Waals surface area contributed by atoms with Crippen LogP contribution in [0.1, 0.15) is 37.5 Å². The molecule has 3 heteroatoms. The number of hydrogen-bond donors (Lipinski definition) is 0. The van der Waals surface area contributed by atoms with Gasteiger partial charge in [-0.05, 0) is 37.0 Å². The molecule has 0 atom stereocenters. The van der Waals surface area contributed by atoms with Crippen LogP contribution in [0.3, 0.4) is 0 Å². The minimum atomic E-state index is -0.305. The van der Waals surface area contributed by atoms with Crippen molar-refractivity contribution in [1.29, 1.82) is 0 Å². The molecule has 0 amide bonds. The maximum absolute atomic E-state index is 10.9. The second-order valence-electron chi connectivity index (χ2n) is 3.88. The molecule has 0 aromatic heterocycles. The summed E-state index contributed by atoms with van der Waals surface area (Å²) in [7, 11) is 0. The van der Waals surface area contributed by atoms with E-state index in [0.29, 0.717) is 6.42 Å². The van der Waals surface area contributed by atoms with Gasteiger partial charge in [-0.1, -0.05) is 26.0 Å². The molecule has 0 radical (unpaired) electrons. The third-order valence-electron chi connectivity index (χ3n) is 2.72. The molecule has 0 bridgehead atoms. The molecule has 1 rings (SSSR count). The monoisotopic (exact) mass is 219 g/mol. The average molecular weight is 219 g/mol. The quantitative estimate of drug-likeness (QED) is 0.571. The van der Waals surface area contributed by atoms with Crippen LogP contribution in [-0.2, 0) is 12.8 Å². The molecule has 3 nitrogen and oxygen atoms in total. The Morgan fingerprint density at radius 3 is 2.25 bits per heavy atom. The normalized spacial score (nSPS) is 10.2. The molecule has 0 heterocycles. The number of benzene rings is 1. The standard InChI is InChI=1S/C13H17NO2/c1-5-10-8-13(14(15)16)11(6-2)7-12(10)9(3)4/h7-8H,3,5-6H2,1-2,4H3. The molecule has 0 aliphatic carbocycles. The maximum Gasteiger partial charge on any atom is 0.272 e. The molecular weight excluding hydrogens is 202 g/mol. The van der Waals surface area contributed by atoms with E-state index in [1.54, 1.807) is 6.07 Å². The molecule has 0 fully saturated rings. The Kier molecular flexibility index (Phi) is 3.82. The molecule has 0 N–H and O–H groups in total. The van der Waals surface area contributed by atoms with Crippen molar-refractivity contribution in [1.82, 2.24) is 0 Å². The van der Waals surface area contributed by atoms with E-state index in [-0.39, 0.29) is 10.6 Å². The van der Waals surface area contributed by atoms with Gasteiger partial charge in [0.1, 0.15) is 0 Å². The largest absolute Gasteiger partial charge is 0.272 e. The summed E-state index contributed by atoms with van der Waals surface area (Å²) in [5, 5.41) is 10.9. The Labute approximate surface area is 95.9 Å². The Hall–Kier alpha value is -1.64. The van der Waals surface area contributed by atoms with E-state index in [4.69, 9.17) is 0 Å². The van der Waals surface area contributed by atoms with Crippen LogP contribution in [0.15, 0.2) is 18.7 Å². The van der Waals surface area contributed by atoms with Crippen LogP contribution < -0.4 is 0 Å². The molecule has 0 saturated carbocycles. The van der Waals surface area contributed by atoms with Gasteiger partial charge in [0.15, 0.2) is 0 Å². The van der Waals surface area contributed by atoms with E-state index in [0.717, 1.165) is 28.7 Å². The lowest BCUT2D eigenvalue weighted by Crippen LogP contribution is -1.99. The van der Waals surface area contributed by atoms with E-state index < -0.39 is 0 Å². The van der Waals surface area contributed by atoms with Crippen LogP contribution in [0.4, 0.5) is 5.69 Å². The van der Waals surface area contributed by atoms with E-state index in [2.05, 4.69) is 6.58 Å². The zero-order valence-electron chi connectivity index (χ0n) is 10.0. The van der Waals surface area contributed by atoms with Crippen molar-refractivity contribution in [3.63, 3.8) is 0 Å². The fraction of sp³-hybridized carbons (Fsp3) is 0.385. The summed E-state index contributed by atoms with van der Waals surface area (Å²) in [5.41, 5.74) is 4.01. The van der Waals surface area contributed by atoms with Crippen molar-refractivity contribution in [2.75, 3.05) is 0 Å². The van der Waals surface area contributed by atoms with Crippen LogP contribution in [0.5, 0.6) is 0 Å². The van der Waals surface area contributed by atoms with Crippen LogP contribution in [0, 0.1) is 10.1 Å². The van der Waals surface area contributed by atoms with Gasteiger partial charge in [0.25, 0.3) is 5.69 Å². The molecule has 0 aliphatic heterocycles.